The van der Waals surface area contributed by atoms with Crippen molar-refractivity contribution in [1.29, 1.82) is 0 Å². The molecule has 1 atom stereocenters. The first kappa shape index (κ1) is 34.0. The highest BCUT2D eigenvalue weighted by Gasteiger charge is 2.11. The second kappa shape index (κ2) is 24.1. The van der Waals surface area contributed by atoms with E-state index in [0.29, 0.717) is 76.9 Å². The van der Waals surface area contributed by atoms with Crippen LogP contribution in [0.15, 0.2) is 24.3 Å². The van der Waals surface area contributed by atoms with Gasteiger partial charge in [0.25, 0.3) is 5.91 Å². The number of nitrogens with one attached hydrogen (secondary N) is 3. The lowest BCUT2D eigenvalue weighted by atomic mass is 10.2. The van der Waals surface area contributed by atoms with E-state index in [9.17, 15) is 9.59 Å². The van der Waals surface area contributed by atoms with Crippen molar-refractivity contribution in [3.63, 3.8) is 0 Å². The van der Waals surface area contributed by atoms with Crippen molar-refractivity contribution < 1.29 is 33.3 Å². The van der Waals surface area contributed by atoms with Crippen molar-refractivity contribution in [3.05, 3.63) is 29.8 Å². The Labute approximate surface area is 235 Å². The molecular formula is C26H41N3O7S2. The number of thiol groups is 1. The smallest absolute Gasteiger partial charge is 0.251 e. The first-order chi connectivity index (χ1) is 18.6. The Hall–Kier alpha value is -1.98. The quantitative estimate of drug-likeness (QED) is 0.0486. The van der Waals surface area contributed by atoms with Gasteiger partial charge in [0.15, 0.2) is 0 Å². The predicted molar refractivity (Wildman–Crippen MR) is 153 cm³/mol. The van der Waals surface area contributed by atoms with E-state index in [1.807, 2.05) is 6.92 Å². The Balaban J connectivity index is 2.07. The van der Waals surface area contributed by atoms with Crippen molar-refractivity contribution in [2.45, 2.75) is 25.2 Å². The van der Waals surface area contributed by atoms with E-state index >= 15 is 0 Å². The maximum atomic E-state index is 12.3. The second-order valence-electron chi connectivity index (χ2n) is 7.79. The number of amides is 2. The zero-order chi connectivity index (χ0) is 27.7. The molecule has 0 fully saturated rings. The zero-order valence-corrected chi connectivity index (χ0v) is 23.8. The molecule has 0 saturated heterocycles. The van der Waals surface area contributed by atoms with Crippen LogP contribution in [0.25, 0.3) is 0 Å². The molecule has 0 aliphatic heterocycles. The fourth-order valence-corrected chi connectivity index (χ4v) is 3.57. The number of terminal acetylenes is 1. The standard InChI is InChI=1S/C26H41N3O7S2/c1-3-13-32-15-12-28-24(30)9-6-14-33-16-17-34-18-19-35-25(38-37)21-36-23-8-5-7-22(20-23)26(31)29-11-10-27-4-2/h1,5,7-8,20,25,27,37H,4,6,9-19,21H2,2H3,(H,28,30)(H,29,31). The topological polar surface area (TPSA) is 116 Å². The Morgan fingerprint density at radius 1 is 1.03 bits per heavy atom. The van der Waals surface area contributed by atoms with E-state index in [1.165, 1.54) is 10.8 Å². The van der Waals surface area contributed by atoms with Crippen molar-refractivity contribution in [2.75, 3.05) is 79.0 Å². The number of hydrogen-bond donors (Lipinski definition) is 4. The number of hydrogen-bond acceptors (Lipinski definition) is 10. The maximum Gasteiger partial charge on any atom is 0.251 e. The normalized spacial score (nSPS) is 11.5. The molecular weight excluding hydrogens is 530 g/mol. The van der Waals surface area contributed by atoms with Gasteiger partial charge >= 0.3 is 0 Å². The van der Waals surface area contributed by atoms with Crippen LogP contribution in [0, 0.1) is 12.3 Å². The zero-order valence-electron chi connectivity index (χ0n) is 22.1. The van der Waals surface area contributed by atoms with Gasteiger partial charge in [-0.3, -0.25) is 9.59 Å². The summed E-state index contributed by atoms with van der Waals surface area (Å²) in [5.74, 6) is 2.76. The van der Waals surface area contributed by atoms with Gasteiger partial charge in [0.1, 0.15) is 24.4 Å². The number of benzene rings is 1. The molecule has 12 heteroatoms. The van der Waals surface area contributed by atoms with Crippen LogP contribution in [0.4, 0.5) is 0 Å². The van der Waals surface area contributed by atoms with Crippen molar-refractivity contribution in [3.8, 4) is 18.1 Å². The summed E-state index contributed by atoms with van der Waals surface area (Å²) in [5.41, 5.74) is 0.238. The van der Waals surface area contributed by atoms with Crippen molar-refractivity contribution in [2.24, 2.45) is 0 Å². The van der Waals surface area contributed by atoms with Crippen LogP contribution >= 0.6 is 22.5 Å². The summed E-state index contributed by atoms with van der Waals surface area (Å²) in [6, 6.07) is 7.03. The van der Waals surface area contributed by atoms with Gasteiger partial charge < -0.3 is 39.6 Å². The Bertz CT molecular complexity index is 811. The van der Waals surface area contributed by atoms with Gasteiger partial charge in [-0.05, 0) is 31.2 Å². The number of ether oxygens (including phenoxy) is 5. The van der Waals surface area contributed by atoms with E-state index in [4.69, 9.17) is 30.1 Å². The van der Waals surface area contributed by atoms with Crippen LogP contribution in [-0.4, -0.2) is 96.3 Å². The fourth-order valence-electron chi connectivity index (χ4n) is 2.92. The third-order valence-electron chi connectivity index (χ3n) is 4.79. The Kier molecular flexibility index (Phi) is 21.6. The minimum atomic E-state index is -0.300. The highest BCUT2D eigenvalue weighted by Crippen LogP contribution is 2.19. The summed E-state index contributed by atoms with van der Waals surface area (Å²) in [4.78, 5) is 23.9. The molecule has 0 aliphatic carbocycles. The van der Waals surface area contributed by atoms with Crippen LogP contribution in [0.1, 0.15) is 30.1 Å². The van der Waals surface area contributed by atoms with Crippen LogP contribution in [0.5, 0.6) is 5.75 Å². The molecule has 0 heterocycles. The number of likely N-dealkylation sites (N-methyl/N-ethyl adjacent to an activating group) is 1. The van der Waals surface area contributed by atoms with E-state index in [2.05, 4.69) is 33.5 Å². The van der Waals surface area contributed by atoms with Crippen LogP contribution in [-0.2, 0) is 23.7 Å². The number of carbonyl (C=O) groups is 2. The van der Waals surface area contributed by atoms with Gasteiger partial charge in [0, 0.05) is 38.2 Å². The third kappa shape index (κ3) is 18.3. The minimum absolute atomic E-state index is 0.0410. The fraction of sp³-hybridized carbons (Fsp3) is 0.615. The molecule has 1 aromatic rings. The molecule has 0 bridgehead atoms. The summed E-state index contributed by atoms with van der Waals surface area (Å²) in [6.07, 6.45) is 6.09. The molecule has 0 saturated carbocycles. The molecule has 214 valence electrons. The van der Waals surface area contributed by atoms with Crippen molar-refractivity contribution >= 4 is 34.3 Å². The SMILES string of the molecule is C#CCOCCNC(=O)CCCOCCOCCOC(COc1cccc(C(=O)NCCNCC)c1)SS. The van der Waals surface area contributed by atoms with Crippen LogP contribution in [0.3, 0.4) is 0 Å². The van der Waals surface area contributed by atoms with Gasteiger partial charge in [0.05, 0.1) is 33.0 Å². The molecule has 0 spiro atoms. The summed E-state index contributed by atoms with van der Waals surface area (Å²) in [6.45, 7) is 7.66. The number of rotatable bonds is 24. The van der Waals surface area contributed by atoms with Gasteiger partial charge in [0.2, 0.25) is 5.91 Å². The first-order valence-electron chi connectivity index (χ1n) is 12.7. The molecule has 1 rings (SSSR count). The molecule has 1 unspecified atom stereocenters. The van der Waals surface area contributed by atoms with Gasteiger partial charge in [-0.2, -0.15) is 0 Å². The minimum Gasteiger partial charge on any atom is -0.490 e. The van der Waals surface area contributed by atoms with Gasteiger partial charge in [-0.25, -0.2) is 0 Å². The molecule has 10 nitrogen and oxygen atoms in total. The van der Waals surface area contributed by atoms with E-state index < -0.39 is 0 Å². The molecule has 0 radical (unpaired) electrons. The Morgan fingerprint density at radius 2 is 1.82 bits per heavy atom. The van der Waals surface area contributed by atoms with Crippen LogP contribution < -0.4 is 20.7 Å². The van der Waals surface area contributed by atoms with E-state index in [-0.39, 0.29) is 30.5 Å². The maximum absolute atomic E-state index is 12.3. The molecule has 0 aromatic heterocycles. The second-order valence-corrected chi connectivity index (χ2v) is 9.16. The predicted octanol–water partition coefficient (Wildman–Crippen LogP) is 1.90. The molecule has 0 aliphatic rings. The Morgan fingerprint density at radius 3 is 2.58 bits per heavy atom. The summed E-state index contributed by atoms with van der Waals surface area (Å²) in [5, 5.41) is 8.78. The molecule has 2 amide bonds. The lowest BCUT2D eigenvalue weighted by Gasteiger charge is -2.16. The molecule has 38 heavy (non-hydrogen) atoms. The summed E-state index contributed by atoms with van der Waals surface area (Å²) in [7, 11) is 1.24. The highest BCUT2D eigenvalue weighted by atomic mass is 33.1. The molecule has 1 aromatic carbocycles. The largest absolute Gasteiger partial charge is 0.490 e. The average molecular weight is 572 g/mol. The van der Waals surface area contributed by atoms with Gasteiger partial charge in [-0.1, -0.05) is 29.7 Å². The van der Waals surface area contributed by atoms with E-state index in [0.717, 1.165) is 13.1 Å². The molecule has 3 N–H and O–H groups in total. The summed E-state index contributed by atoms with van der Waals surface area (Å²) < 4.78 is 27.6. The highest BCUT2D eigenvalue weighted by molar-refractivity contribution is 8.68. The van der Waals surface area contributed by atoms with E-state index in [1.54, 1.807) is 24.3 Å². The first-order valence-corrected chi connectivity index (χ1v) is 14.6. The van der Waals surface area contributed by atoms with Crippen LogP contribution in [0.2, 0.25) is 0 Å². The lowest BCUT2D eigenvalue weighted by molar-refractivity contribution is -0.121. The third-order valence-corrected chi connectivity index (χ3v) is 6.00. The summed E-state index contributed by atoms with van der Waals surface area (Å²) >= 11 is 4.25. The monoisotopic (exact) mass is 571 g/mol. The van der Waals surface area contributed by atoms with Gasteiger partial charge in [-0.15, -0.1) is 18.1 Å². The van der Waals surface area contributed by atoms with Crippen molar-refractivity contribution in [1.82, 2.24) is 16.0 Å². The number of carbonyl (C=O) groups excluding carboxylic acids is 2. The lowest BCUT2D eigenvalue weighted by Crippen LogP contribution is -2.31. The average Bonchev–Trinajstić information content (AvgIpc) is 2.93.